The topological polar surface area (TPSA) is 129 Å². The monoisotopic (exact) mass is 554 g/mol. The number of likely N-dealkylation sites (tertiary alicyclic amines) is 1. The van der Waals surface area contributed by atoms with Crippen LogP contribution in [-0.4, -0.2) is 63.9 Å². The number of carbonyl (C=O) groups excluding carboxylic acids is 1. The molecule has 0 radical (unpaired) electrons. The maximum Gasteiger partial charge on any atom is 0.303 e. The quantitative estimate of drug-likeness (QED) is 0.260. The van der Waals surface area contributed by atoms with Crippen LogP contribution >= 0.6 is 0 Å². The van der Waals surface area contributed by atoms with E-state index in [1.165, 1.54) is 0 Å². The van der Waals surface area contributed by atoms with E-state index in [0.717, 1.165) is 54.6 Å². The number of hydrogen-bond donors (Lipinski definition) is 4. The fourth-order valence-corrected chi connectivity index (χ4v) is 5.46. The van der Waals surface area contributed by atoms with E-state index >= 15 is 0 Å². The van der Waals surface area contributed by atoms with Gasteiger partial charge in [-0.1, -0.05) is 55.0 Å². The van der Waals surface area contributed by atoms with Gasteiger partial charge in [0.15, 0.2) is 6.29 Å². The second-order valence-electron chi connectivity index (χ2n) is 10.8. The van der Waals surface area contributed by atoms with E-state index in [4.69, 9.17) is 14.6 Å². The predicted octanol–water partition coefficient (Wildman–Crippen LogP) is 3.83. The number of carboxylic acids is 1. The average Bonchev–Trinajstić information content (AvgIpc) is 3.43. The largest absolute Gasteiger partial charge is 0.481 e. The van der Waals surface area contributed by atoms with E-state index in [1.54, 1.807) is 0 Å². The number of amides is 1. The zero-order valence-electron chi connectivity index (χ0n) is 23.0. The summed E-state index contributed by atoms with van der Waals surface area (Å²) >= 11 is 0. The number of nitrogens with zero attached hydrogens (tertiary/aromatic N) is 1. The molecular weight excluding hydrogens is 512 g/mol. The van der Waals surface area contributed by atoms with Gasteiger partial charge in [0.05, 0.1) is 25.4 Å². The highest BCUT2D eigenvalue weighted by molar-refractivity contribution is 5.75. The van der Waals surface area contributed by atoms with Crippen LogP contribution < -0.4 is 5.32 Å². The summed E-state index contributed by atoms with van der Waals surface area (Å²) in [5.74, 6) is -0.846. The highest BCUT2D eigenvalue weighted by Crippen LogP contribution is 2.38. The summed E-state index contributed by atoms with van der Waals surface area (Å²) in [6, 6.07) is 15.9. The second kappa shape index (κ2) is 15.3. The van der Waals surface area contributed by atoms with Crippen LogP contribution in [0.3, 0.4) is 0 Å². The standard InChI is InChI=1S/C31H42N2O7/c34-20-23-10-12-24(13-11-23)28-17-27(19-33-16-4-5-26(33)21-35)39-31(40-28)25-14-8-22(9-15-25)18-32-29(36)6-2-1-3-7-30(37)38/h8-15,26-28,31,34-35H,1-7,16-21H2,(H,32,36)(H,37,38). The van der Waals surface area contributed by atoms with Crippen LogP contribution in [0.25, 0.3) is 0 Å². The van der Waals surface area contributed by atoms with Gasteiger partial charge < -0.3 is 30.1 Å². The molecule has 0 bridgehead atoms. The number of nitrogens with one attached hydrogen (secondary N) is 1. The number of ether oxygens (including phenoxy) is 2. The Morgan fingerprint density at radius 1 is 0.900 bits per heavy atom. The molecule has 2 aliphatic rings. The zero-order valence-corrected chi connectivity index (χ0v) is 23.0. The van der Waals surface area contributed by atoms with Crippen LogP contribution in [0.2, 0.25) is 0 Å². The molecule has 2 aromatic carbocycles. The van der Waals surface area contributed by atoms with E-state index in [2.05, 4.69) is 10.2 Å². The van der Waals surface area contributed by atoms with Crippen molar-refractivity contribution in [3.05, 3.63) is 70.8 Å². The first-order valence-corrected chi connectivity index (χ1v) is 14.4. The molecule has 1 amide bonds. The number of carbonyl (C=O) groups is 2. The molecule has 4 unspecified atom stereocenters. The molecule has 218 valence electrons. The third-order valence-electron chi connectivity index (χ3n) is 7.80. The highest BCUT2D eigenvalue weighted by atomic mass is 16.7. The van der Waals surface area contributed by atoms with Gasteiger partial charge in [-0.2, -0.15) is 0 Å². The number of hydrogen-bond acceptors (Lipinski definition) is 7. The predicted molar refractivity (Wildman–Crippen MR) is 149 cm³/mol. The molecule has 4 rings (SSSR count). The average molecular weight is 555 g/mol. The molecule has 0 spiro atoms. The minimum Gasteiger partial charge on any atom is -0.481 e. The van der Waals surface area contributed by atoms with Crippen LogP contribution in [0.1, 0.15) is 86.0 Å². The number of aliphatic hydroxyl groups is 2. The lowest BCUT2D eigenvalue weighted by Crippen LogP contribution is -2.42. The van der Waals surface area contributed by atoms with E-state index in [0.29, 0.717) is 32.2 Å². The van der Waals surface area contributed by atoms with E-state index in [1.807, 2.05) is 48.5 Å². The van der Waals surface area contributed by atoms with Crippen molar-refractivity contribution in [3.63, 3.8) is 0 Å². The van der Waals surface area contributed by atoms with Crippen molar-refractivity contribution in [2.45, 2.75) is 89.1 Å². The first kappa shape index (κ1) is 30.1. The van der Waals surface area contributed by atoms with E-state index in [-0.39, 0.29) is 43.8 Å². The number of aliphatic hydroxyl groups excluding tert-OH is 2. The molecule has 2 saturated heterocycles. The number of rotatable bonds is 14. The van der Waals surface area contributed by atoms with Crippen molar-refractivity contribution in [2.75, 3.05) is 19.7 Å². The molecule has 0 saturated carbocycles. The Labute approximate surface area is 236 Å². The molecule has 9 nitrogen and oxygen atoms in total. The van der Waals surface area contributed by atoms with Crippen molar-refractivity contribution in [2.24, 2.45) is 0 Å². The van der Waals surface area contributed by atoms with Crippen molar-refractivity contribution in [1.29, 1.82) is 0 Å². The minimum atomic E-state index is -0.804. The van der Waals surface area contributed by atoms with Gasteiger partial charge in [-0.3, -0.25) is 14.5 Å². The molecule has 2 fully saturated rings. The third-order valence-corrected chi connectivity index (χ3v) is 7.80. The Morgan fingerprint density at radius 3 is 2.30 bits per heavy atom. The lowest BCUT2D eigenvalue weighted by atomic mass is 9.99. The Balaban J connectivity index is 1.35. The van der Waals surface area contributed by atoms with Gasteiger partial charge in [0.1, 0.15) is 0 Å². The van der Waals surface area contributed by atoms with Crippen LogP contribution in [0.5, 0.6) is 0 Å². The summed E-state index contributed by atoms with van der Waals surface area (Å²) in [4.78, 5) is 25.1. The first-order valence-electron chi connectivity index (χ1n) is 14.4. The smallest absolute Gasteiger partial charge is 0.303 e. The Bertz CT molecular complexity index is 1080. The molecule has 4 N–H and O–H groups in total. The third kappa shape index (κ3) is 8.84. The minimum absolute atomic E-state index is 0.00271. The van der Waals surface area contributed by atoms with Crippen LogP contribution in [0, 0.1) is 0 Å². The number of aliphatic carboxylic acids is 1. The molecule has 0 aliphatic carbocycles. The molecule has 4 atom stereocenters. The summed E-state index contributed by atoms with van der Waals surface area (Å²) in [6.45, 7) is 2.26. The number of benzene rings is 2. The lowest BCUT2D eigenvalue weighted by molar-refractivity contribution is -0.253. The normalized spacial score (nSPS) is 23.2. The Kier molecular flexibility index (Phi) is 11.5. The summed E-state index contributed by atoms with van der Waals surface area (Å²) in [7, 11) is 0. The van der Waals surface area contributed by atoms with Gasteiger partial charge in [-0.15, -0.1) is 0 Å². The van der Waals surface area contributed by atoms with Crippen LogP contribution in [-0.2, 0) is 32.2 Å². The van der Waals surface area contributed by atoms with Crippen LogP contribution in [0.15, 0.2) is 48.5 Å². The summed E-state index contributed by atoms with van der Waals surface area (Å²) in [6.07, 6.45) is 4.51. The second-order valence-corrected chi connectivity index (χ2v) is 10.8. The fraction of sp³-hybridized carbons (Fsp3) is 0.548. The lowest BCUT2D eigenvalue weighted by Gasteiger charge is -2.38. The van der Waals surface area contributed by atoms with Crippen molar-refractivity contribution < 1.29 is 34.4 Å². The van der Waals surface area contributed by atoms with Crippen molar-refractivity contribution in [1.82, 2.24) is 10.2 Å². The van der Waals surface area contributed by atoms with Gasteiger partial charge >= 0.3 is 5.97 Å². The van der Waals surface area contributed by atoms with Gasteiger partial charge in [0.25, 0.3) is 0 Å². The number of carboxylic acid groups (broad SMARTS) is 1. The van der Waals surface area contributed by atoms with Gasteiger partial charge in [-0.25, -0.2) is 0 Å². The SMILES string of the molecule is O=C(O)CCCCCC(=O)NCc1ccc(C2OC(CN3CCCC3CO)CC(c3ccc(CO)cc3)O2)cc1. The molecule has 0 aromatic heterocycles. The van der Waals surface area contributed by atoms with E-state index in [9.17, 15) is 19.8 Å². The molecule has 40 heavy (non-hydrogen) atoms. The molecule has 9 heteroatoms. The van der Waals surface area contributed by atoms with Gasteiger partial charge in [-0.05, 0) is 48.9 Å². The first-order chi connectivity index (χ1) is 19.4. The van der Waals surface area contributed by atoms with E-state index < -0.39 is 12.3 Å². The molecule has 2 aliphatic heterocycles. The van der Waals surface area contributed by atoms with Gasteiger partial charge in [0, 0.05) is 44.0 Å². The maximum atomic E-state index is 12.2. The zero-order chi connectivity index (χ0) is 28.3. The van der Waals surface area contributed by atoms with Crippen LogP contribution in [0.4, 0.5) is 0 Å². The highest BCUT2D eigenvalue weighted by Gasteiger charge is 2.35. The Morgan fingerprint density at radius 2 is 1.60 bits per heavy atom. The molecule has 2 aromatic rings. The fourth-order valence-electron chi connectivity index (χ4n) is 5.46. The summed E-state index contributed by atoms with van der Waals surface area (Å²) in [5.41, 5.74) is 3.76. The van der Waals surface area contributed by atoms with Crippen molar-refractivity contribution in [3.8, 4) is 0 Å². The van der Waals surface area contributed by atoms with Gasteiger partial charge in [0.2, 0.25) is 5.91 Å². The maximum absolute atomic E-state index is 12.2. The summed E-state index contributed by atoms with van der Waals surface area (Å²) < 4.78 is 12.9. The molecular formula is C31H42N2O7. The van der Waals surface area contributed by atoms with Crippen molar-refractivity contribution >= 4 is 11.9 Å². The summed E-state index contributed by atoms with van der Waals surface area (Å²) in [5, 5.41) is 30.8. The molecule has 2 heterocycles. The number of unbranched alkanes of at least 4 members (excludes halogenated alkanes) is 2. The Hall–Kier alpha value is -2.82.